The SMILES string of the molecule is CCOC(=O)c1nn(C)cc1C(C)(C)CN. The Balaban J connectivity index is 3.14. The van der Waals surface area contributed by atoms with Crippen LogP contribution in [0.1, 0.15) is 36.8 Å². The molecule has 0 bridgehead atoms. The number of hydrogen-bond donors (Lipinski definition) is 1. The van der Waals surface area contributed by atoms with Crippen molar-refractivity contribution >= 4 is 5.97 Å². The second-order valence-electron chi connectivity index (χ2n) is 4.37. The summed E-state index contributed by atoms with van der Waals surface area (Å²) in [5.74, 6) is -0.389. The van der Waals surface area contributed by atoms with Crippen LogP contribution in [0.3, 0.4) is 0 Å². The van der Waals surface area contributed by atoms with Crippen molar-refractivity contribution < 1.29 is 9.53 Å². The second-order valence-corrected chi connectivity index (χ2v) is 4.37. The van der Waals surface area contributed by atoms with Crippen LogP contribution in [-0.2, 0) is 17.2 Å². The molecule has 0 amide bonds. The molecule has 1 aromatic heterocycles. The fourth-order valence-electron chi connectivity index (χ4n) is 1.44. The number of nitrogens with zero attached hydrogens (tertiary/aromatic N) is 2. The Morgan fingerprint density at radius 1 is 1.62 bits per heavy atom. The highest BCUT2D eigenvalue weighted by atomic mass is 16.5. The molecular weight excluding hydrogens is 206 g/mol. The Labute approximate surface area is 95.6 Å². The third-order valence-electron chi connectivity index (χ3n) is 2.54. The van der Waals surface area contributed by atoms with Crippen LogP contribution < -0.4 is 5.73 Å². The van der Waals surface area contributed by atoms with Crippen LogP contribution in [0.4, 0.5) is 0 Å². The quantitative estimate of drug-likeness (QED) is 0.771. The number of carbonyl (C=O) groups is 1. The smallest absolute Gasteiger partial charge is 0.359 e. The molecule has 5 nitrogen and oxygen atoms in total. The first-order valence-electron chi connectivity index (χ1n) is 5.33. The highest BCUT2D eigenvalue weighted by Gasteiger charge is 2.28. The summed E-state index contributed by atoms with van der Waals surface area (Å²) < 4.78 is 6.58. The van der Waals surface area contributed by atoms with Gasteiger partial charge in [0.25, 0.3) is 0 Å². The van der Waals surface area contributed by atoms with Gasteiger partial charge in [0.05, 0.1) is 6.61 Å². The predicted octanol–water partition coefficient (Wildman–Crippen LogP) is 0.833. The molecule has 0 radical (unpaired) electrons. The monoisotopic (exact) mass is 225 g/mol. The molecule has 0 atom stereocenters. The molecule has 2 N–H and O–H groups in total. The number of aryl methyl sites for hydroxylation is 1. The lowest BCUT2D eigenvalue weighted by molar-refractivity contribution is 0.0515. The van der Waals surface area contributed by atoms with Gasteiger partial charge < -0.3 is 10.5 Å². The Morgan fingerprint density at radius 2 is 2.25 bits per heavy atom. The third kappa shape index (κ3) is 2.41. The van der Waals surface area contributed by atoms with Crippen molar-refractivity contribution in [2.45, 2.75) is 26.2 Å². The zero-order chi connectivity index (χ0) is 12.3. The van der Waals surface area contributed by atoms with E-state index < -0.39 is 0 Å². The van der Waals surface area contributed by atoms with Crippen LogP contribution in [0.5, 0.6) is 0 Å². The van der Waals surface area contributed by atoms with Crippen LogP contribution in [-0.4, -0.2) is 28.9 Å². The molecule has 5 heteroatoms. The maximum Gasteiger partial charge on any atom is 0.359 e. The van der Waals surface area contributed by atoms with E-state index in [1.54, 1.807) is 18.7 Å². The fourth-order valence-corrected chi connectivity index (χ4v) is 1.44. The van der Waals surface area contributed by atoms with E-state index in [0.29, 0.717) is 18.8 Å². The van der Waals surface area contributed by atoms with Crippen LogP contribution in [0, 0.1) is 0 Å². The van der Waals surface area contributed by atoms with E-state index >= 15 is 0 Å². The molecule has 0 aliphatic rings. The summed E-state index contributed by atoms with van der Waals surface area (Å²) >= 11 is 0. The largest absolute Gasteiger partial charge is 0.461 e. The van der Waals surface area contributed by atoms with Gasteiger partial charge in [-0.05, 0) is 6.92 Å². The molecule has 0 saturated carbocycles. The van der Waals surface area contributed by atoms with E-state index in [0.717, 1.165) is 5.56 Å². The van der Waals surface area contributed by atoms with E-state index in [-0.39, 0.29) is 11.4 Å². The number of aromatic nitrogens is 2. The van der Waals surface area contributed by atoms with Crippen molar-refractivity contribution in [1.82, 2.24) is 9.78 Å². The number of rotatable bonds is 4. The van der Waals surface area contributed by atoms with Gasteiger partial charge in [0.15, 0.2) is 5.69 Å². The van der Waals surface area contributed by atoms with Crippen LogP contribution in [0.2, 0.25) is 0 Å². The van der Waals surface area contributed by atoms with Gasteiger partial charge in [0.1, 0.15) is 0 Å². The number of nitrogens with two attached hydrogens (primary N) is 1. The van der Waals surface area contributed by atoms with Crippen molar-refractivity contribution in [3.63, 3.8) is 0 Å². The summed E-state index contributed by atoms with van der Waals surface area (Å²) in [5, 5.41) is 4.13. The van der Waals surface area contributed by atoms with E-state index in [1.807, 2.05) is 20.0 Å². The molecule has 0 spiro atoms. The lowest BCUT2D eigenvalue weighted by Crippen LogP contribution is -2.29. The molecule has 1 heterocycles. The summed E-state index contributed by atoms with van der Waals surface area (Å²) in [6.07, 6.45) is 1.82. The van der Waals surface area contributed by atoms with E-state index in [2.05, 4.69) is 5.10 Å². The van der Waals surface area contributed by atoms with Crippen LogP contribution in [0.15, 0.2) is 6.20 Å². The maximum atomic E-state index is 11.7. The highest BCUT2D eigenvalue weighted by molar-refractivity contribution is 5.89. The minimum absolute atomic E-state index is 0.281. The van der Waals surface area contributed by atoms with E-state index in [1.165, 1.54) is 0 Å². The van der Waals surface area contributed by atoms with Gasteiger partial charge >= 0.3 is 5.97 Å². The van der Waals surface area contributed by atoms with Gasteiger partial charge in [-0.25, -0.2) is 4.79 Å². The van der Waals surface area contributed by atoms with Gasteiger partial charge in [-0.2, -0.15) is 5.10 Å². The number of carbonyl (C=O) groups excluding carboxylic acids is 1. The van der Waals surface area contributed by atoms with Gasteiger partial charge in [-0.3, -0.25) is 4.68 Å². The molecule has 0 fully saturated rings. The fraction of sp³-hybridized carbons (Fsp3) is 0.636. The van der Waals surface area contributed by atoms with Crippen LogP contribution in [0.25, 0.3) is 0 Å². The first-order valence-corrected chi connectivity index (χ1v) is 5.33. The van der Waals surface area contributed by atoms with E-state index in [4.69, 9.17) is 10.5 Å². The number of hydrogen-bond acceptors (Lipinski definition) is 4. The minimum atomic E-state index is -0.389. The zero-order valence-electron chi connectivity index (χ0n) is 10.3. The molecule has 0 aliphatic carbocycles. The molecule has 1 rings (SSSR count). The van der Waals surface area contributed by atoms with Crippen LogP contribution >= 0.6 is 0 Å². The summed E-state index contributed by atoms with van der Waals surface area (Å²) in [4.78, 5) is 11.7. The second kappa shape index (κ2) is 4.65. The van der Waals surface area contributed by atoms with Crippen molar-refractivity contribution in [3.05, 3.63) is 17.5 Å². The Kier molecular flexibility index (Phi) is 3.70. The van der Waals surface area contributed by atoms with Crippen molar-refractivity contribution in [1.29, 1.82) is 0 Å². The van der Waals surface area contributed by atoms with Crippen molar-refractivity contribution in [3.8, 4) is 0 Å². The molecule has 0 aromatic carbocycles. The first-order chi connectivity index (χ1) is 7.42. The molecule has 0 aliphatic heterocycles. The highest BCUT2D eigenvalue weighted by Crippen LogP contribution is 2.25. The number of esters is 1. The molecule has 0 unspecified atom stereocenters. The first kappa shape index (κ1) is 12.7. The number of ether oxygens (including phenoxy) is 1. The molecular formula is C11H19N3O2. The van der Waals surface area contributed by atoms with Gasteiger partial charge in [-0.15, -0.1) is 0 Å². The van der Waals surface area contributed by atoms with Gasteiger partial charge in [0, 0.05) is 30.8 Å². The van der Waals surface area contributed by atoms with Crippen molar-refractivity contribution in [2.75, 3.05) is 13.2 Å². The third-order valence-corrected chi connectivity index (χ3v) is 2.54. The normalized spacial score (nSPS) is 11.6. The molecule has 1 aromatic rings. The average Bonchev–Trinajstić information content (AvgIpc) is 2.61. The predicted molar refractivity (Wildman–Crippen MR) is 61.2 cm³/mol. The Hall–Kier alpha value is -1.36. The summed E-state index contributed by atoms with van der Waals surface area (Å²) in [6, 6.07) is 0. The van der Waals surface area contributed by atoms with Gasteiger partial charge in [-0.1, -0.05) is 13.8 Å². The van der Waals surface area contributed by atoms with Crippen molar-refractivity contribution in [2.24, 2.45) is 12.8 Å². The minimum Gasteiger partial charge on any atom is -0.461 e. The Morgan fingerprint density at radius 3 is 2.75 bits per heavy atom. The maximum absolute atomic E-state index is 11.7. The van der Waals surface area contributed by atoms with E-state index in [9.17, 15) is 4.79 Å². The lowest BCUT2D eigenvalue weighted by atomic mass is 9.85. The van der Waals surface area contributed by atoms with Gasteiger partial charge in [0.2, 0.25) is 0 Å². The molecule has 16 heavy (non-hydrogen) atoms. The topological polar surface area (TPSA) is 70.1 Å². The average molecular weight is 225 g/mol. The lowest BCUT2D eigenvalue weighted by Gasteiger charge is -2.21. The summed E-state index contributed by atoms with van der Waals surface area (Å²) in [5.41, 5.74) is 6.61. The zero-order valence-corrected chi connectivity index (χ0v) is 10.3. The molecule has 0 saturated heterocycles. The Bertz CT molecular complexity index is 383. The standard InChI is InChI=1S/C11H19N3O2/c1-5-16-10(15)9-8(6-14(4)13-9)11(2,3)7-12/h6H,5,7,12H2,1-4H3. The molecule has 90 valence electrons. The summed E-state index contributed by atoms with van der Waals surface area (Å²) in [6.45, 7) is 6.52. The summed E-state index contributed by atoms with van der Waals surface area (Å²) in [7, 11) is 1.78.